The molecule has 1 fully saturated rings. The molecule has 7 heteroatoms. The summed E-state index contributed by atoms with van der Waals surface area (Å²) in [6, 6.07) is 2.84. The van der Waals surface area contributed by atoms with E-state index in [1.807, 2.05) is 0 Å². The molecule has 0 aliphatic heterocycles. The van der Waals surface area contributed by atoms with Crippen molar-refractivity contribution in [1.82, 2.24) is 9.97 Å². The maximum atomic E-state index is 11.7. The number of hydrogen-bond donors (Lipinski definition) is 2. The molecule has 2 N–H and O–H groups in total. The van der Waals surface area contributed by atoms with Crippen molar-refractivity contribution in [1.29, 1.82) is 0 Å². The van der Waals surface area contributed by atoms with Crippen LogP contribution in [0.3, 0.4) is 0 Å². The molecular weight excluding hydrogens is 260 g/mol. The van der Waals surface area contributed by atoms with Gasteiger partial charge in [-0.3, -0.25) is 14.9 Å². The summed E-state index contributed by atoms with van der Waals surface area (Å²) in [5.74, 6) is 0. The molecule has 1 heterocycles. The molecule has 0 atom stereocenters. The Bertz CT molecular complexity index is 749. The van der Waals surface area contributed by atoms with Crippen molar-refractivity contribution < 1.29 is 4.92 Å². The van der Waals surface area contributed by atoms with Crippen LogP contribution < -0.4 is 10.9 Å². The lowest BCUT2D eigenvalue weighted by Crippen LogP contribution is -2.14. The van der Waals surface area contributed by atoms with Crippen LogP contribution in [-0.2, 0) is 0 Å². The van der Waals surface area contributed by atoms with Crippen molar-refractivity contribution >= 4 is 22.3 Å². The van der Waals surface area contributed by atoms with E-state index in [9.17, 15) is 14.9 Å². The second kappa shape index (κ2) is 4.29. The van der Waals surface area contributed by atoms with Crippen molar-refractivity contribution in [3.05, 3.63) is 38.9 Å². The van der Waals surface area contributed by atoms with Gasteiger partial charge >= 0.3 is 0 Å². The highest BCUT2D eigenvalue weighted by atomic mass is 16.6. The van der Waals surface area contributed by atoms with E-state index in [1.54, 1.807) is 6.07 Å². The number of nitro benzene ring substituents is 1. The van der Waals surface area contributed by atoms with Crippen molar-refractivity contribution in [2.24, 2.45) is 5.41 Å². The fourth-order valence-electron chi connectivity index (χ4n) is 2.10. The molecule has 0 spiro atoms. The minimum atomic E-state index is -0.483. The molecule has 104 valence electrons. The van der Waals surface area contributed by atoms with Gasteiger partial charge in [-0.25, -0.2) is 4.98 Å². The Morgan fingerprint density at radius 3 is 2.90 bits per heavy atom. The van der Waals surface area contributed by atoms with E-state index >= 15 is 0 Å². The number of aromatic amines is 1. The second-order valence-electron chi connectivity index (χ2n) is 5.54. The molecule has 1 saturated carbocycles. The zero-order valence-electron chi connectivity index (χ0n) is 11.0. The highest BCUT2D eigenvalue weighted by Gasteiger charge is 2.37. The lowest BCUT2D eigenvalue weighted by Gasteiger charge is -2.12. The number of nitrogens with one attached hydrogen (secondary N) is 2. The van der Waals surface area contributed by atoms with Crippen molar-refractivity contribution in [3.63, 3.8) is 0 Å². The van der Waals surface area contributed by atoms with Gasteiger partial charge in [0.25, 0.3) is 11.2 Å². The number of rotatable bonds is 4. The highest BCUT2D eigenvalue weighted by molar-refractivity contribution is 5.86. The minimum absolute atomic E-state index is 0.0970. The predicted molar refractivity (Wildman–Crippen MR) is 74.8 cm³/mol. The van der Waals surface area contributed by atoms with Crippen LogP contribution in [-0.4, -0.2) is 21.4 Å². The van der Waals surface area contributed by atoms with Crippen LogP contribution in [0.25, 0.3) is 10.9 Å². The Labute approximate surface area is 114 Å². The summed E-state index contributed by atoms with van der Waals surface area (Å²) in [6.45, 7) is 2.82. The van der Waals surface area contributed by atoms with E-state index in [-0.39, 0.29) is 22.0 Å². The molecule has 0 radical (unpaired) electrons. The van der Waals surface area contributed by atoms with E-state index in [0.717, 1.165) is 12.8 Å². The fraction of sp³-hybridized carbons (Fsp3) is 0.385. The maximum absolute atomic E-state index is 11.7. The largest absolute Gasteiger partial charge is 0.379 e. The molecule has 20 heavy (non-hydrogen) atoms. The van der Waals surface area contributed by atoms with Crippen LogP contribution in [0.15, 0.2) is 23.3 Å². The molecule has 7 nitrogen and oxygen atoms in total. The number of nitro groups is 1. The lowest BCUT2D eigenvalue weighted by molar-refractivity contribution is -0.383. The average Bonchev–Trinajstić information content (AvgIpc) is 3.14. The Morgan fingerprint density at radius 2 is 2.25 bits per heavy atom. The second-order valence-corrected chi connectivity index (χ2v) is 5.54. The number of anilines is 1. The summed E-state index contributed by atoms with van der Waals surface area (Å²) in [5, 5.41) is 14.5. The van der Waals surface area contributed by atoms with Gasteiger partial charge in [-0.05, 0) is 24.3 Å². The Kier molecular flexibility index (Phi) is 2.70. The first kappa shape index (κ1) is 12.6. The third-order valence-corrected chi connectivity index (χ3v) is 3.76. The van der Waals surface area contributed by atoms with E-state index in [4.69, 9.17) is 0 Å². The zero-order valence-corrected chi connectivity index (χ0v) is 11.0. The fourth-order valence-corrected chi connectivity index (χ4v) is 2.10. The molecule has 0 bridgehead atoms. The third-order valence-electron chi connectivity index (χ3n) is 3.76. The van der Waals surface area contributed by atoms with E-state index in [0.29, 0.717) is 17.7 Å². The minimum Gasteiger partial charge on any atom is -0.379 e. The van der Waals surface area contributed by atoms with Crippen LogP contribution in [0.4, 0.5) is 11.4 Å². The molecule has 3 rings (SSSR count). The molecule has 0 unspecified atom stereocenters. The molecule has 1 aromatic carbocycles. The Balaban J connectivity index is 2.06. The average molecular weight is 274 g/mol. The van der Waals surface area contributed by atoms with E-state index in [2.05, 4.69) is 22.2 Å². The summed E-state index contributed by atoms with van der Waals surface area (Å²) in [6.07, 6.45) is 3.54. The standard InChI is InChI=1S/C13H14N4O3/c1-13(2-3-13)6-14-10-5-9-8(4-11(10)17(19)20)12(18)16-7-15-9/h4-5,7,14H,2-3,6H2,1H3,(H,15,16,18). The molecular formula is C13H14N4O3. The zero-order chi connectivity index (χ0) is 14.3. The van der Waals surface area contributed by atoms with Gasteiger partial charge in [0, 0.05) is 12.6 Å². The van der Waals surface area contributed by atoms with Gasteiger partial charge < -0.3 is 10.3 Å². The number of nitrogens with zero attached hydrogens (tertiary/aromatic N) is 2. The van der Waals surface area contributed by atoms with Crippen LogP contribution in [0.1, 0.15) is 19.8 Å². The van der Waals surface area contributed by atoms with Crippen molar-refractivity contribution in [2.45, 2.75) is 19.8 Å². The van der Waals surface area contributed by atoms with E-state index < -0.39 is 4.92 Å². The number of H-pyrrole nitrogens is 1. The maximum Gasteiger partial charge on any atom is 0.293 e. The first-order chi connectivity index (χ1) is 9.48. The van der Waals surface area contributed by atoms with Crippen molar-refractivity contribution in [2.75, 3.05) is 11.9 Å². The monoisotopic (exact) mass is 274 g/mol. The smallest absolute Gasteiger partial charge is 0.293 e. The normalized spacial score (nSPS) is 16.1. The van der Waals surface area contributed by atoms with Gasteiger partial charge in [-0.2, -0.15) is 0 Å². The van der Waals surface area contributed by atoms with Crippen molar-refractivity contribution in [3.8, 4) is 0 Å². The summed E-state index contributed by atoms with van der Waals surface area (Å²) in [4.78, 5) is 28.8. The Morgan fingerprint density at radius 1 is 1.50 bits per heavy atom. The molecule has 2 aromatic rings. The number of hydrogen-bond acceptors (Lipinski definition) is 5. The molecule has 1 aromatic heterocycles. The van der Waals surface area contributed by atoms with Crippen LogP contribution >= 0.6 is 0 Å². The topological polar surface area (TPSA) is 101 Å². The third kappa shape index (κ3) is 2.22. The van der Waals surface area contributed by atoms with Gasteiger partial charge in [0.1, 0.15) is 5.69 Å². The van der Waals surface area contributed by atoms with Gasteiger partial charge in [0.05, 0.1) is 22.2 Å². The molecule has 1 aliphatic carbocycles. The number of benzene rings is 1. The van der Waals surface area contributed by atoms with E-state index in [1.165, 1.54) is 12.4 Å². The predicted octanol–water partition coefficient (Wildman–Crippen LogP) is 2.04. The first-order valence-electron chi connectivity index (χ1n) is 6.38. The SMILES string of the molecule is CC1(CNc2cc3nc[nH]c(=O)c3cc2[N+](=O)[O-])CC1. The molecule has 1 aliphatic rings. The van der Waals surface area contributed by atoms with Gasteiger partial charge in [-0.1, -0.05) is 6.92 Å². The van der Waals surface area contributed by atoms with Gasteiger partial charge in [0.2, 0.25) is 0 Å². The van der Waals surface area contributed by atoms with Crippen LogP contribution in [0.5, 0.6) is 0 Å². The van der Waals surface area contributed by atoms with Crippen LogP contribution in [0.2, 0.25) is 0 Å². The van der Waals surface area contributed by atoms with Crippen LogP contribution in [0, 0.1) is 15.5 Å². The lowest BCUT2D eigenvalue weighted by atomic mass is 10.1. The summed E-state index contributed by atoms with van der Waals surface area (Å²) < 4.78 is 0. The quantitative estimate of drug-likeness (QED) is 0.656. The Hall–Kier alpha value is -2.44. The number of fused-ring (bicyclic) bond motifs is 1. The molecule has 0 amide bonds. The first-order valence-corrected chi connectivity index (χ1v) is 6.38. The molecule has 0 saturated heterocycles. The van der Waals surface area contributed by atoms with Gasteiger partial charge in [-0.15, -0.1) is 0 Å². The van der Waals surface area contributed by atoms with Gasteiger partial charge in [0.15, 0.2) is 0 Å². The summed E-state index contributed by atoms with van der Waals surface area (Å²) in [5.41, 5.74) is 0.611. The summed E-state index contributed by atoms with van der Waals surface area (Å²) >= 11 is 0. The summed E-state index contributed by atoms with van der Waals surface area (Å²) in [7, 11) is 0. The highest BCUT2D eigenvalue weighted by Crippen LogP contribution is 2.45. The number of aromatic nitrogens is 2.